The van der Waals surface area contributed by atoms with Crippen molar-refractivity contribution < 1.29 is 32.3 Å². The van der Waals surface area contributed by atoms with E-state index in [-0.39, 0.29) is 0 Å². The number of aliphatic hydroxyl groups is 2. The Bertz CT molecular complexity index is 298. The first-order valence-electron chi connectivity index (χ1n) is 4.24. The lowest BCUT2D eigenvalue weighted by atomic mass is 10.1. The zero-order chi connectivity index (χ0) is 11.6. The second-order valence-corrected chi connectivity index (χ2v) is 4.82. The molecule has 1 aliphatic rings. The molecule has 0 saturated carbocycles. The number of hydrogen-bond acceptors (Lipinski definition) is 7. The molecule has 0 unspecified atom stereocenters. The third-order valence-corrected chi connectivity index (χ3v) is 2.56. The summed E-state index contributed by atoms with van der Waals surface area (Å²) in [6, 6.07) is 0. The Balaban J connectivity index is 2.76. The summed E-state index contributed by atoms with van der Waals surface area (Å²) >= 11 is 0. The summed E-state index contributed by atoms with van der Waals surface area (Å²) in [6.45, 7) is -0.440. The number of hydrogen-bond donors (Lipinski definition) is 2. The Morgan fingerprint density at radius 1 is 1.47 bits per heavy atom. The maximum atomic E-state index is 10.9. The molecule has 2 N–H and O–H groups in total. The molecule has 4 atom stereocenters. The highest BCUT2D eigenvalue weighted by atomic mass is 32.2. The average molecular weight is 242 g/mol. The minimum atomic E-state index is -3.72. The molecule has 0 bridgehead atoms. The Hall–Kier alpha value is -0.250. The summed E-state index contributed by atoms with van der Waals surface area (Å²) < 4.78 is 36.2. The Morgan fingerprint density at radius 3 is 2.47 bits per heavy atom. The molecule has 0 spiro atoms. The van der Waals surface area contributed by atoms with Crippen LogP contribution in [0.3, 0.4) is 0 Å². The molecule has 1 aliphatic heterocycles. The summed E-state index contributed by atoms with van der Waals surface area (Å²) in [4.78, 5) is 0. The van der Waals surface area contributed by atoms with Gasteiger partial charge in [-0.25, -0.2) is 0 Å². The molecule has 8 heteroatoms. The van der Waals surface area contributed by atoms with Crippen LogP contribution in [0.2, 0.25) is 0 Å². The van der Waals surface area contributed by atoms with E-state index in [2.05, 4.69) is 4.18 Å². The summed E-state index contributed by atoms with van der Waals surface area (Å²) in [5.74, 6) is 0. The van der Waals surface area contributed by atoms with Crippen LogP contribution in [0.4, 0.5) is 0 Å². The molecule has 0 radical (unpaired) electrons. The summed E-state index contributed by atoms with van der Waals surface area (Å²) in [5.41, 5.74) is 0. The second-order valence-electron chi connectivity index (χ2n) is 3.22. The van der Waals surface area contributed by atoms with Crippen molar-refractivity contribution in [3.05, 3.63) is 0 Å². The van der Waals surface area contributed by atoms with Gasteiger partial charge in [-0.05, 0) is 0 Å². The van der Waals surface area contributed by atoms with E-state index in [1.54, 1.807) is 0 Å². The minimum absolute atomic E-state index is 0.440. The Kier molecular flexibility index (Phi) is 4.04. The molecule has 0 aromatic carbocycles. The normalized spacial score (nSPS) is 37.1. The highest BCUT2D eigenvalue weighted by Crippen LogP contribution is 2.25. The van der Waals surface area contributed by atoms with Crippen LogP contribution >= 0.6 is 0 Å². The van der Waals surface area contributed by atoms with Gasteiger partial charge in [-0.1, -0.05) is 0 Å². The summed E-state index contributed by atoms with van der Waals surface area (Å²) in [6.07, 6.45) is -3.44. The molecular weight excluding hydrogens is 228 g/mol. The van der Waals surface area contributed by atoms with Crippen molar-refractivity contribution in [2.24, 2.45) is 0 Å². The van der Waals surface area contributed by atoms with Gasteiger partial charge in [0.1, 0.15) is 12.2 Å². The van der Waals surface area contributed by atoms with Gasteiger partial charge in [-0.15, -0.1) is 0 Å². The Labute approximate surface area is 87.7 Å². The van der Waals surface area contributed by atoms with Crippen molar-refractivity contribution >= 4 is 10.1 Å². The highest BCUT2D eigenvalue weighted by molar-refractivity contribution is 7.86. The van der Waals surface area contributed by atoms with E-state index in [4.69, 9.17) is 14.6 Å². The van der Waals surface area contributed by atoms with Crippen molar-refractivity contribution in [3.8, 4) is 0 Å². The molecule has 15 heavy (non-hydrogen) atoms. The fourth-order valence-electron chi connectivity index (χ4n) is 1.35. The van der Waals surface area contributed by atoms with Crippen LogP contribution in [0.1, 0.15) is 0 Å². The van der Waals surface area contributed by atoms with E-state index in [0.717, 1.165) is 6.26 Å². The van der Waals surface area contributed by atoms with E-state index in [9.17, 15) is 13.5 Å². The van der Waals surface area contributed by atoms with Crippen LogP contribution in [0.15, 0.2) is 0 Å². The first-order valence-corrected chi connectivity index (χ1v) is 6.06. The van der Waals surface area contributed by atoms with E-state index < -0.39 is 41.3 Å². The third-order valence-electron chi connectivity index (χ3n) is 1.99. The molecule has 0 aromatic heterocycles. The third kappa shape index (κ3) is 3.10. The molecule has 1 saturated heterocycles. The van der Waals surface area contributed by atoms with Crippen LogP contribution in [0, 0.1) is 0 Å². The number of aliphatic hydroxyl groups excluding tert-OH is 2. The fraction of sp³-hybridized carbons (Fsp3) is 1.00. The molecule has 1 heterocycles. The minimum Gasteiger partial charge on any atom is -0.394 e. The lowest BCUT2D eigenvalue weighted by Gasteiger charge is -2.17. The van der Waals surface area contributed by atoms with Gasteiger partial charge in [0.25, 0.3) is 10.1 Å². The van der Waals surface area contributed by atoms with Crippen molar-refractivity contribution in [1.29, 1.82) is 0 Å². The standard InChI is InChI=1S/C7H14O7S/c1-12-7-6(14-15(2,10)11)5(9)4(3-8)13-7/h4-9H,3H2,1-2H3/t4-,5+,6-,7-/m0/s1. The molecule has 7 nitrogen and oxygen atoms in total. The Morgan fingerprint density at radius 2 is 2.07 bits per heavy atom. The van der Waals surface area contributed by atoms with Crippen LogP contribution in [0.5, 0.6) is 0 Å². The van der Waals surface area contributed by atoms with Crippen LogP contribution in [-0.4, -0.2) is 63.2 Å². The highest BCUT2D eigenvalue weighted by Gasteiger charge is 2.46. The predicted octanol–water partition coefficient (Wildman–Crippen LogP) is -1.94. The predicted molar refractivity (Wildman–Crippen MR) is 48.5 cm³/mol. The molecule has 90 valence electrons. The van der Waals surface area contributed by atoms with Crippen LogP contribution in [0.25, 0.3) is 0 Å². The van der Waals surface area contributed by atoms with Gasteiger partial charge in [0.2, 0.25) is 0 Å². The van der Waals surface area contributed by atoms with E-state index in [0.29, 0.717) is 0 Å². The first-order chi connectivity index (χ1) is 6.89. The van der Waals surface area contributed by atoms with Crippen molar-refractivity contribution in [1.82, 2.24) is 0 Å². The number of methoxy groups -OCH3 is 1. The van der Waals surface area contributed by atoms with Gasteiger partial charge < -0.3 is 19.7 Å². The SMILES string of the molecule is CO[C@H]1O[C@@H](CO)[C@@H](O)[C@@H]1OS(C)(=O)=O. The monoisotopic (exact) mass is 242 g/mol. The van der Waals surface area contributed by atoms with Gasteiger partial charge in [-0.3, -0.25) is 4.18 Å². The lowest BCUT2D eigenvalue weighted by molar-refractivity contribution is -0.147. The number of rotatable bonds is 4. The first kappa shape index (κ1) is 12.8. The quantitative estimate of drug-likeness (QED) is 0.553. The van der Waals surface area contributed by atoms with Gasteiger partial charge in [-0.2, -0.15) is 8.42 Å². The van der Waals surface area contributed by atoms with E-state index in [1.807, 2.05) is 0 Å². The largest absolute Gasteiger partial charge is 0.394 e. The smallest absolute Gasteiger partial charge is 0.264 e. The average Bonchev–Trinajstić information content (AvgIpc) is 2.42. The van der Waals surface area contributed by atoms with Crippen molar-refractivity contribution in [2.75, 3.05) is 20.0 Å². The van der Waals surface area contributed by atoms with E-state index >= 15 is 0 Å². The van der Waals surface area contributed by atoms with E-state index in [1.165, 1.54) is 7.11 Å². The molecular formula is C7H14O7S. The molecule has 1 rings (SSSR count). The van der Waals surface area contributed by atoms with Crippen molar-refractivity contribution in [2.45, 2.75) is 24.6 Å². The zero-order valence-corrected chi connectivity index (χ0v) is 9.18. The molecule has 1 fully saturated rings. The summed E-state index contributed by atoms with van der Waals surface area (Å²) in [5, 5.41) is 18.4. The maximum Gasteiger partial charge on any atom is 0.264 e. The number of ether oxygens (including phenoxy) is 2. The molecule has 0 amide bonds. The second kappa shape index (κ2) is 4.73. The van der Waals surface area contributed by atoms with Gasteiger partial charge in [0.05, 0.1) is 12.9 Å². The maximum absolute atomic E-state index is 10.9. The van der Waals surface area contributed by atoms with Crippen LogP contribution in [-0.2, 0) is 23.8 Å². The fourth-order valence-corrected chi connectivity index (χ4v) is 1.96. The summed E-state index contributed by atoms with van der Waals surface area (Å²) in [7, 11) is -2.43. The van der Waals surface area contributed by atoms with Gasteiger partial charge >= 0.3 is 0 Å². The lowest BCUT2D eigenvalue weighted by Crippen LogP contribution is -2.38. The zero-order valence-electron chi connectivity index (χ0n) is 8.36. The van der Waals surface area contributed by atoms with Crippen molar-refractivity contribution in [3.63, 3.8) is 0 Å². The van der Waals surface area contributed by atoms with Crippen LogP contribution < -0.4 is 0 Å². The van der Waals surface area contributed by atoms with Gasteiger partial charge in [0.15, 0.2) is 12.4 Å². The molecule has 0 aromatic rings. The topological polar surface area (TPSA) is 102 Å². The van der Waals surface area contributed by atoms with Gasteiger partial charge in [0, 0.05) is 7.11 Å². The molecule has 0 aliphatic carbocycles.